The topological polar surface area (TPSA) is 36.9 Å². The van der Waals surface area contributed by atoms with Crippen molar-refractivity contribution in [1.29, 1.82) is 0 Å². The number of halogens is 2. The summed E-state index contributed by atoms with van der Waals surface area (Å²) in [5.41, 5.74) is 2.36. The van der Waals surface area contributed by atoms with E-state index in [0.717, 1.165) is 37.2 Å². The van der Waals surface area contributed by atoms with Crippen molar-refractivity contribution in [2.45, 2.75) is 92.6 Å². The maximum absolute atomic E-state index is 6.20. The SMILES string of the molecule is CCOC1(OC2=[C-]CC=C2)CC=CC=C1C(C)(C)C.CCOC1(OC2=[C-]CC=C2)CC=CC=C1C(C)(C)C.[Cl-].[Cl-].[Ti+2].[Ti+2]. The van der Waals surface area contributed by atoms with Crippen molar-refractivity contribution < 1.29 is 87.2 Å². The summed E-state index contributed by atoms with van der Waals surface area (Å²) >= 11 is 0. The molecule has 0 saturated heterocycles. The first-order chi connectivity index (χ1) is 18.0. The standard InChI is InChI=1S/2C17H23O2.2ClH.2Ti/c2*1-5-18-17(19-14-10-6-7-11-14)13-9-8-12-15(17)16(2,3)4;;;;/h2*6,8-10,12H,5,7,13H2,1-4H3;2*1H;;/q2*-1;;;2*+2/p-2. The molecule has 0 heterocycles. The quantitative estimate of drug-likeness (QED) is 0.224. The van der Waals surface area contributed by atoms with Gasteiger partial charge in [0.1, 0.15) is 0 Å². The summed E-state index contributed by atoms with van der Waals surface area (Å²) in [5, 5.41) is 0. The van der Waals surface area contributed by atoms with Crippen molar-refractivity contribution >= 4 is 0 Å². The molecule has 4 aliphatic rings. The van der Waals surface area contributed by atoms with E-state index in [1.54, 1.807) is 0 Å². The number of rotatable bonds is 8. The number of hydrogen-bond acceptors (Lipinski definition) is 4. The zero-order chi connectivity index (χ0) is 27.9. The van der Waals surface area contributed by atoms with Crippen LogP contribution in [-0.2, 0) is 62.4 Å². The van der Waals surface area contributed by atoms with Crippen molar-refractivity contribution in [1.82, 2.24) is 0 Å². The van der Waals surface area contributed by atoms with Crippen molar-refractivity contribution in [2.75, 3.05) is 13.2 Å². The van der Waals surface area contributed by atoms with E-state index in [0.29, 0.717) is 13.2 Å². The molecule has 0 amide bonds. The van der Waals surface area contributed by atoms with Gasteiger partial charge in [0.15, 0.2) is 0 Å². The molecule has 4 nitrogen and oxygen atoms in total. The van der Waals surface area contributed by atoms with E-state index in [1.165, 1.54) is 11.1 Å². The first-order valence-electron chi connectivity index (χ1n) is 13.9. The molecule has 0 aliphatic heterocycles. The van der Waals surface area contributed by atoms with Crippen LogP contribution in [0.2, 0.25) is 0 Å². The second-order valence-electron chi connectivity index (χ2n) is 11.8. The van der Waals surface area contributed by atoms with Crippen molar-refractivity contribution in [3.05, 3.63) is 95.6 Å². The van der Waals surface area contributed by atoms with Crippen LogP contribution in [0, 0.1) is 23.0 Å². The zero-order valence-electron chi connectivity index (χ0n) is 26.4. The van der Waals surface area contributed by atoms with Gasteiger partial charge in [0.05, 0.1) is 0 Å². The molecule has 0 spiro atoms. The average molecular weight is 685 g/mol. The molecule has 0 aromatic heterocycles. The minimum absolute atomic E-state index is 0. The van der Waals surface area contributed by atoms with Gasteiger partial charge in [-0.2, -0.15) is 24.3 Å². The first kappa shape index (κ1) is 43.6. The van der Waals surface area contributed by atoms with E-state index in [9.17, 15) is 0 Å². The van der Waals surface area contributed by atoms with E-state index in [1.807, 2.05) is 38.2 Å². The van der Waals surface area contributed by atoms with Crippen LogP contribution in [-0.4, -0.2) is 24.8 Å². The molecule has 0 N–H and O–H groups in total. The Morgan fingerprint density at radius 1 is 0.643 bits per heavy atom. The molecule has 0 aromatic carbocycles. The van der Waals surface area contributed by atoms with Gasteiger partial charge in [-0.25, -0.2) is 12.2 Å². The number of ether oxygens (including phenoxy) is 4. The van der Waals surface area contributed by atoms with Gasteiger partial charge < -0.3 is 43.8 Å². The summed E-state index contributed by atoms with van der Waals surface area (Å²) in [6, 6.07) is 0. The molecular formula is C34H46Cl2O4Ti2. The Labute approximate surface area is 297 Å². The molecular weight excluding hydrogens is 639 g/mol. The van der Waals surface area contributed by atoms with Crippen LogP contribution in [0.1, 0.15) is 81.1 Å². The minimum Gasteiger partial charge on any atom is -1.00 e. The van der Waals surface area contributed by atoms with Crippen LogP contribution in [0.5, 0.6) is 0 Å². The third-order valence-electron chi connectivity index (χ3n) is 6.64. The fourth-order valence-electron chi connectivity index (χ4n) is 5.15. The molecule has 228 valence electrons. The van der Waals surface area contributed by atoms with E-state index in [-0.39, 0.29) is 79.1 Å². The fraction of sp³-hybridized carbons (Fsp3) is 0.529. The third-order valence-corrected chi connectivity index (χ3v) is 6.64. The fourth-order valence-corrected chi connectivity index (χ4v) is 5.15. The van der Waals surface area contributed by atoms with Crippen molar-refractivity contribution in [3.8, 4) is 0 Å². The Morgan fingerprint density at radius 3 is 1.26 bits per heavy atom. The number of allylic oxidation sites excluding steroid dienone is 10. The van der Waals surface area contributed by atoms with Gasteiger partial charge in [0.2, 0.25) is 11.6 Å². The largest absolute Gasteiger partial charge is 2.00 e. The molecule has 0 aromatic rings. The normalized spacial score (nSPS) is 23.8. The van der Waals surface area contributed by atoms with Crippen LogP contribution >= 0.6 is 0 Å². The Kier molecular flexibility index (Phi) is 19.8. The second kappa shape index (κ2) is 19.1. The van der Waals surface area contributed by atoms with Crippen molar-refractivity contribution in [2.24, 2.45) is 10.8 Å². The van der Waals surface area contributed by atoms with Gasteiger partial charge in [-0.3, -0.25) is 0 Å². The molecule has 0 bridgehead atoms. The summed E-state index contributed by atoms with van der Waals surface area (Å²) in [6.45, 7) is 18.4. The Hall–Kier alpha value is -0.551. The van der Waals surface area contributed by atoms with Gasteiger partial charge in [-0.05, 0) is 36.2 Å². The second-order valence-corrected chi connectivity index (χ2v) is 11.8. The van der Waals surface area contributed by atoms with Crippen LogP contribution in [0.25, 0.3) is 0 Å². The maximum Gasteiger partial charge on any atom is 2.00 e. The van der Waals surface area contributed by atoms with Gasteiger partial charge in [-0.1, -0.05) is 78.0 Å². The maximum atomic E-state index is 6.20. The predicted octanol–water partition coefficient (Wildman–Crippen LogP) is 2.63. The smallest absolute Gasteiger partial charge is 1.00 e. The summed E-state index contributed by atoms with van der Waals surface area (Å²) in [4.78, 5) is 0. The van der Waals surface area contributed by atoms with Crippen LogP contribution in [0.4, 0.5) is 0 Å². The molecule has 0 fully saturated rings. The predicted molar refractivity (Wildman–Crippen MR) is 154 cm³/mol. The zero-order valence-corrected chi connectivity index (χ0v) is 31.0. The molecule has 4 aliphatic carbocycles. The van der Waals surface area contributed by atoms with E-state index >= 15 is 0 Å². The van der Waals surface area contributed by atoms with Gasteiger partial charge >= 0.3 is 43.4 Å². The van der Waals surface area contributed by atoms with Gasteiger partial charge in [0, 0.05) is 37.2 Å². The van der Waals surface area contributed by atoms with Crippen LogP contribution < -0.4 is 24.8 Å². The molecule has 42 heavy (non-hydrogen) atoms. The molecule has 4 rings (SSSR count). The third kappa shape index (κ3) is 11.4. The Balaban J connectivity index is 0. The van der Waals surface area contributed by atoms with E-state index in [2.05, 4.69) is 90.2 Å². The van der Waals surface area contributed by atoms with Crippen molar-refractivity contribution in [3.63, 3.8) is 0 Å². The molecule has 0 saturated carbocycles. The Bertz CT molecular complexity index is 1000. The van der Waals surface area contributed by atoms with E-state index < -0.39 is 11.6 Å². The van der Waals surface area contributed by atoms with E-state index in [4.69, 9.17) is 18.9 Å². The summed E-state index contributed by atoms with van der Waals surface area (Å²) in [7, 11) is 0. The monoisotopic (exact) mass is 684 g/mol. The van der Waals surface area contributed by atoms with Gasteiger partial charge in [-0.15, -0.1) is 12.8 Å². The average Bonchev–Trinajstić information content (AvgIpc) is 3.53. The minimum atomic E-state index is -0.682. The molecule has 2 unspecified atom stereocenters. The summed E-state index contributed by atoms with van der Waals surface area (Å²) in [5.74, 6) is 0.218. The van der Waals surface area contributed by atoms with Crippen LogP contribution in [0.15, 0.2) is 83.4 Å². The first-order valence-corrected chi connectivity index (χ1v) is 13.9. The summed E-state index contributed by atoms with van der Waals surface area (Å²) < 4.78 is 24.5. The molecule has 2 atom stereocenters. The molecule has 0 radical (unpaired) electrons. The number of hydrogen-bond donors (Lipinski definition) is 0. The van der Waals surface area contributed by atoms with Crippen LogP contribution in [0.3, 0.4) is 0 Å². The van der Waals surface area contributed by atoms with Gasteiger partial charge in [0.25, 0.3) is 0 Å². The Morgan fingerprint density at radius 2 is 1.00 bits per heavy atom. The molecule has 8 heteroatoms. The summed E-state index contributed by atoms with van der Waals surface area (Å²) in [6.07, 6.45) is 30.2.